The van der Waals surface area contributed by atoms with Gasteiger partial charge in [0.15, 0.2) is 0 Å². The third-order valence-corrected chi connectivity index (χ3v) is 4.64. The third-order valence-electron chi connectivity index (χ3n) is 4.64. The molecule has 0 aromatic carbocycles. The molecular weight excluding hydrogens is 228 g/mol. The average Bonchev–Trinajstić information content (AvgIpc) is 2.72. The summed E-state index contributed by atoms with van der Waals surface area (Å²) in [5.74, 6) is 0.717. The van der Waals surface area contributed by atoms with Crippen molar-refractivity contribution in [2.24, 2.45) is 11.8 Å². The largest absolute Gasteiger partial charge is 0.423 e. The maximum atomic E-state index is 11.6. The Bertz CT molecular complexity index is 508. The fourth-order valence-corrected chi connectivity index (χ4v) is 3.51. The van der Waals surface area contributed by atoms with Gasteiger partial charge >= 0.3 is 5.97 Å². The Hall–Kier alpha value is -1.35. The van der Waals surface area contributed by atoms with Crippen LogP contribution in [0, 0.1) is 11.8 Å². The first-order chi connectivity index (χ1) is 8.40. The zero-order valence-electron chi connectivity index (χ0n) is 10.8. The molecule has 3 rings (SSSR count). The summed E-state index contributed by atoms with van der Waals surface area (Å²) in [7, 11) is 0. The van der Waals surface area contributed by atoms with Crippen LogP contribution in [0.3, 0.4) is 0 Å². The summed E-state index contributed by atoms with van der Waals surface area (Å²) in [4.78, 5) is 11.6. The van der Waals surface area contributed by atoms with Gasteiger partial charge in [0.1, 0.15) is 5.76 Å². The molecule has 0 aromatic heterocycles. The van der Waals surface area contributed by atoms with E-state index in [4.69, 9.17) is 4.74 Å². The van der Waals surface area contributed by atoms with Gasteiger partial charge in [-0.25, -0.2) is 4.79 Å². The lowest BCUT2D eigenvalue weighted by Gasteiger charge is -2.30. The van der Waals surface area contributed by atoms with E-state index < -0.39 is 5.60 Å². The molecule has 0 amide bonds. The van der Waals surface area contributed by atoms with Crippen LogP contribution in [0.5, 0.6) is 0 Å². The summed E-state index contributed by atoms with van der Waals surface area (Å²) in [6.45, 7) is 7.72. The van der Waals surface area contributed by atoms with E-state index in [2.05, 4.69) is 6.58 Å². The van der Waals surface area contributed by atoms with Gasteiger partial charge < -0.3 is 9.84 Å². The number of fused-ring (bicyclic) bond motifs is 2. The SMILES string of the molecule is C=C1CC[C@H]2[C@@H]1CC1=C(C)C(=O)OC1=C[C@@]2(C)O. The Morgan fingerprint density at radius 3 is 3.00 bits per heavy atom. The van der Waals surface area contributed by atoms with E-state index in [0.717, 1.165) is 24.8 Å². The van der Waals surface area contributed by atoms with Crippen LogP contribution in [-0.4, -0.2) is 16.7 Å². The highest BCUT2D eigenvalue weighted by Crippen LogP contribution is 2.50. The first-order valence-corrected chi connectivity index (χ1v) is 6.45. The second-order valence-electron chi connectivity index (χ2n) is 5.84. The van der Waals surface area contributed by atoms with E-state index in [-0.39, 0.29) is 17.8 Å². The van der Waals surface area contributed by atoms with Crippen molar-refractivity contribution in [1.82, 2.24) is 0 Å². The van der Waals surface area contributed by atoms with Crippen molar-refractivity contribution in [2.75, 3.05) is 0 Å². The highest BCUT2D eigenvalue weighted by molar-refractivity contribution is 5.94. The number of hydrogen-bond acceptors (Lipinski definition) is 3. The second-order valence-corrected chi connectivity index (χ2v) is 5.84. The van der Waals surface area contributed by atoms with Crippen molar-refractivity contribution >= 4 is 5.97 Å². The van der Waals surface area contributed by atoms with Crippen molar-refractivity contribution in [1.29, 1.82) is 0 Å². The minimum atomic E-state index is -0.925. The molecule has 1 N–H and O–H groups in total. The number of hydrogen-bond donors (Lipinski definition) is 1. The third kappa shape index (κ3) is 1.50. The first kappa shape index (κ1) is 11.7. The molecule has 0 saturated heterocycles. The molecule has 3 aliphatic rings. The quantitative estimate of drug-likeness (QED) is 0.527. The molecule has 1 saturated carbocycles. The molecule has 2 aliphatic carbocycles. The summed E-state index contributed by atoms with van der Waals surface area (Å²) in [6.07, 6.45) is 4.42. The molecule has 1 heterocycles. The van der Waals surface area contributed by atoms with E-state index in [9.17, 15) is 9.90 Å². The molecule has 1 fully saturated rings. The van der Waals surface area contributed by atoms with Crippen LogP contribution >= 0.6 is 0 Å². The van der Waals surface area contributed by atoms with Crippen molar-refractivity contribution in [3.63, 3.8) is 0 Å². The molecule has 0 spiro atoms. The van der Waals surface area contributed by atoms with Crippen LogP contribution in [0.4, 0.5) is 0 Å². The number of ether oxygens (including phenoxy) is 1. The van der Waals surface area contributed by atoms with Crippen LogP contribution in [0.25, 0.3) is 0 Å². The number of esters is 1. The second kappa shape index (κ2) is 3.58. The molecule has 0 bridgehead atoms. The van der Waals surface area contributed by atoms with Crippen LogP contribution < -0.4 is 0 Å². The summed E-state index contributed by atoms with van der Waals surface area (Å²) in [6, 6.07) is 0. The minimum absolute atomic E-state index is 0.183. The average molecular weight is 246 g/mol. The maximum absolute atomic E-state index is 11.6. The van der Waals surface area contributed by atoms with Crippen molar-refractivity contribution in [3.05, 3.63) is 35.1 Å². The van der Waals surface area contributed by atoms with E-state index in [0.29, 0.717) is 11.3 Å². The maximum Gasteiger partial charge on any atom is 0.339 e. The lowest BCUT2D eigenvalue weighted by Crippen LogP contribution is -2.34. The number of carbonyl (C=O) groups is 1. The van der Waals surface area contributed by atoms with Crippen LogP contribution in [0.1, 0.15) is 33.1 Å². The number of allylic oxidation sites excluding steroid dienone is 2. The lowest BCUT2D eigenvalue weighted by atomic mass is 9.80. The number of carbonyl (C=O) groups excluding carboxylic acids is 1. The Morgan fingerprint density at radius 1 is 1.56 bits per heavy atom. The number of rotatable bonds is 0. The molecule has 0 aromatic rings. The van der Waals surface area contributed by atoms with E-state index >= 15 is 0 Å². The van der Waals surface area contributed by atoms with Gasteiger partial charge in [0.25, 0.3) is 0 Å². The Kier molecular flexibility index (Phi) is 2.33. The number of aliphatic hydroxyl groups is 1. The van der Waals surface area contributed by atoms with Gasteiger partial charge in [-0.2, -0.15) is 0 Å². The highest BCUT2D eigenvalue weighted by Gasteiger charge is 2.46. The lowest BCUT2D eigenvalue weighted by molar-refractivity contribution is -0.133. The Labute approximate surface area is 107 Å². The monoisotopic (exact) mass is 246 g/mol. The first-order valence-electron chi connectivity index (χ1n) is 6.45. The van der Waals surface area contributed by atoms with Crippen molar-refractivity contribution in [3.8, 4) is 0 Å². The topological polar surface area (TPSA) is 46.5 Å². The Balaban J connectivity index is 2.11. The standard InChI is InChI=1S/C15H18O3/c1-8-4-5-12-10(8)6-11-9(2)14(16)18-13(11)7-15(12,3)17/h7,10,12,17H,1,4-6H2,2-3H3/t10-,12+,15-/m1/s1. The van der Waals surface area contributed by atoms with Gasteiger partial charge in [0.2, 0.25) is 0 Å². The van der Waals surface area contributed by atoms with E-state index in [1.807, 2.05) is 0 Å². The van der Waals surface area contributed by atoms with Gasteiger partial charge in [-0.3, -0.25) is 0 Å². The summed E-state index contributed by atoms with van der Waals surface area (Å²) in [5.41, 5.74) is 1.90. The van der Waals surface area contributed by atoms with Gasteiger partial charge in [-0.05, 0) is 51.0 Å². The van der Waals surface area contributed by atoms with Crippen LogP contribution in [-0.2, 0) is 9.53 Å². The van der Waals surface area contributed by atoms with Gasteiger partial charge in [-0.15, -0.1) is 0 Å². The summed E-state index contributed by atoms with van der Waals surface area (Å²) in [5, 5.41) is 10.6. The molecule has 3 heteroatoms. The smallest absolute Gasteiger partial charge is 0.339 e. The Morgan fingerprint density at radius 2 is 2.28 bits per heavy atom. The molecule has 3 atom stereocenters. The van der Waals surface area contributed by atoms with Crippen molar-refractivity contribution < 1.29 is 14.6 Å². The summed E-state index contributed by atoms with van der Waals surface area (Å²) < 4.78 is 5.25. The zero-order valence-corrected chi connectivity index (χ0v) is 10.8. The predicted octanol–water partition coefficient (Wildman–Crippen LogP) is 2.48. The zero-order chi connectivity index (χ0) is 13.1. The molecule has 18 heavy (non-hydrogen) atoms. The van der Waals surface area contributed by atoms with Gasteiger partial charge in [0.05, 0.1) is 5.60 Å². The molecule has 96 valence electrons. The van der Waals surface area contributed by atoms with E-state index in [1.165, 1.54) is 5.57 Å². The van der Waals surface area contributed by atoms with Crippen molar-refractivity contribution in [2.45, 2.75) is 38.7 Å². The minimum Gasteiger partial charge on any atom is -0.423 e. The van der Waals surface area contributed by atoms with Gasteiger partial charge in [0, 0.05) is 11.1 Å². The molecule has 1 aliphatic heterocycles. The fraction of sp³-hybridized carbons (Fsp3) is 0.533. The van der Waals surface area contributed by atoms with Gasteiger partial charge in [-0.1, -0.05) is 12.2 Å². The highest BCUT2D eigenvalue weighted by atomic mass is 16.5. The predicted molar refractivity (Wildman–Crippen MR) is 67.5 cm³/mol. The molecule has 3 nitrogen and oxygen atoms in total. The summed E-state index contributed by atoms with van der Waals surface area (Å²) >= 11 is 0. The normalized spacial score (nSPS) is 39.2. The van der Waals surface area contributed by atoms with Crippen LogP contribution in [0.2, 0.25) is 0 Å². The molecule has 0 radical (unpaired) electrons. The van der Waals surface area contributed by atoms with E-state index in [1.54, 1.807) is 19.9 Å². The molecule has 0 unspecified atom stereocenters. The van der Waals surface area contributed by atoms with Crippen LogP contribution in [0.15, 0.2) is 35.1 Å². The molecular formula is C15H18O3. The fourth-order valence-electron chi connectivity index (χ4n) is 3.51.